The molecule has 0 aliphatic carbocycles. The molecule has 2 N–H and O–H groups in total. The van der Waals surface area contributed by atoms with Gasteiger partial charge in [0.15, 0.2) is 10.8 Å². The Morgan fingerprint density at radius 1 is 1.45 bits per heavy atom. The Balaban J connectivity index is 1.73. The lowest BCUT2D eigenvalue weighted by Gasteiger charge is -1.96. The number of amides is 1. The van der Waals surface area contributed by atoms with Crippen LogP contribution >= 0.6 is 22.7 Å². The average Bonchev–Trinajstić information content (AvgIpc) is 3.19. The van der Waals surface area contributed by atoms with Crippen LogP contribution in [0.25, 0.3) is 10.6 Å². The predicted molar refractivity (Wildman–Crippen MR) is 81.3 cm³/mol. The van der Waals surface area contributed by atoms with E-state index in [1.807, 2.05) is 29.8 Å². The molecule has 5 nitrogen and oxygen atoms in total. The molecule has 3 rings (SSSR count). The summed E-state index contributed by atoms with van der Waals surface area (Å²) < 4.78 is 0. The van der Waals surface area contributed by atoms with Gasteiger partial charge in [-0.3, -0.25) is 15.2 Å². The van der Waals surface area contributed by atoms with E-state index in [2.05, 4.69) is 20.5 Å². The molecule has 0 aromatic carbocycles. The highest BCUT2D eigenvalue weighted by Gasteiger charge is 2.13. The number of aromatic nitrogens is 3. The van der Waals surface area contributed by atoms with Crippen molar-refractivity contribution in [1.29, 1.82) is 0 Å². The Kier molecular flexibility index (Phi) is 3.62. The summed E-state index contributed by atoms with van der Waals surface area (Å²) in [7, 11) is 0. The van der Waals surface area contributed by atoms with Gasteiger partial charge < -0.3 is 0 Å². The number of nitrogens with zero attached hydrogens (tertiary/aromatic N) is 2. The number of hydrogen-bond acceptors (Lipinski definition) is 5. The largest absolute Gasteiger partial charge is 0.296 e. The normalized spacial score (nSPS) is 10.7. The molecule has 102 valence electrons. The van der Waals surface area contributed by atoms with E-state index in [9.17, 15) is 4.79 Å². The molecule has 1 amide bonds. The molecular weight excluding hydrogens is 292 g/mol. The van der Waals surface area contributed by atoms with Gasteiger partial charge in [-0.05, 0) is 23.9 Å². The topological polar surface area (TPSA) is 70.7 Å². The highest BCUT2D eigenvalue weighted by Crippen LogP contribution is 2.28. The van der Waals surface area contributed by atoms with Gasteiger partial charge in [-0.25, -0.2) is 4.98 Å². The lowest BCUT2D eigenvalue weighted by molar-refractivity contribution is 0.102. The van der Waals surface area contributed by atoms with Crippen molar-refractivity contribution in [3.63, 3.8) is 0 Å². The van der Waals surface area contributed by atoms with E-state index in [1.165, 1.54) is 11.3 Å². The molecule has 0 bridgehead atoms. The van der Waals surface area contributed by atoms with E-state index in [0.29, 0.717) is 10.8 Å². The molecule has 0 saturated carbocycles. The van der Waals surface area contributed by atoms with Crippen molar-refractivity contribution in [2.45, 2.75) is 13.3 Å². The SMILES string of the molecule is CCc1cc(C(=O)Nc2nc(-c3cccs3)cs2)n[nH]1. The van der Waals surface area contributed by atoms with E-state index < -0.39 is 0 Å². The van der Waals surface area contributed by atoms with Crippen molar-refractivity contribution < 1.29 is 4.79 Å². The number of thiophene rings is 1. The molecule has 0 unspecified atom stereocenters. The lowest BCUT2D eigenvalue weighted by atomic mass is 10.3. The van der Waals surface area contributed by atoms with E-state index in [-0.39, 0.29) is 5.91 Å². The summed E-state index contributed by atoms with van der Waals surface area (Å²) >= 11 is 3.03. The van der Waals surface area contributed by atoms with Crippen LogP contribution in [0.5, 0.6) is 0 Å². The number of H-pyrrole nitrogens is 1. The van der Waals surface area contributed by atoms with Crippen molar-refractivity contribution >= 4 is 33.7 Å². The third kappa shape index (κ3) is 2.63. The molecule has 0 fully saturated rings. The Bertz CT molecular complexity index is 714. The number of anilines is 1. The van der Waals surface area contributed by atoms with Crippen molar-refractivity contribution in [1.82, 2.24) is 15.2 Å². The van der Waals surface area contributed by atoms with Crippen LogP contribution in [0.3, 0.4) is 0 Å². The summed E-state index contributed by atoms with van der Waals surface area (Å²) in [4.78, 5) is 17.5. The van der Waals surface area contributed by atoms with Crippen LogP contribution in [0.1, 0.15) is 23.1 Å². The van der Waals surface area contributed by atoms with Gasteiger partial charge in [0.25, 0.3) is 5.91 Å². The molecule has 7 heteroatoms. The molecular formula is C13H12N4OS2. The fraction of sp³-hybridized carbons (Fsp3) is 0.154. The number of hydrogen-bond donors (Lipinski definition) is 2. The van der Waals surface area contributed by atoms with E-state index in [0.717, 1.165) is 22.7 Å². The molecule has 20 heavy (non-hydrogen) atoms. The smallest absolute Gasteiger partial charge is 0.277 e. The van der Waals surface area contributed by atoms with Gasteiger partial charge in [0.1, 0.15) is 0 Å². The first-order valence-corrected chi connectivity index (χ1v) is 7.87. The van der Waals surface area contributed by atoms with Crippen LogP contribution in [0.4, 0.5) is 5.13 Å². The minimum absolute atomic E-state index is 0.243. The first-order chi connectivity index (χ1) is 9.76. The zero-order valence-corrected chi connectivity index (χ0v) is 12.3. The van der Waals surface area contributed by atoms with Crippen LogP contribution in [0.2, 0.25) is 0 Å². The monoisotopic (exact) mass is 304 g/mol. The summed E-state index contributed by atoms with van der Waals surface area (Å²) in [5, 5.41) is 14.1. The predicted octanol–water partition coefficient (Wildman–Crippen LogP) is 3.41. The van der Waals surface area contributed by atoms with Gasteiger partial charge in [-0.2, -0.15) is 5.10 Å². The number of carbonyl (C=O) groups excluding carboxylic acids is 1. The zero-order chi connectivity index (χ0) is 13.9. The van der Waals surface area contributed by atoms with Crippen molar-refractivity contribution in [3.8, 4) is 10.6 Å². The highest BCUT2D eigenvalue weighted by molar-refractivity contribution is 7.16. The second kappa shape index (κ2) is 5.56. The zero-order valence-electron chi connectivity index (χ0n) is 10.7. The number of aryl methyl sites for hydroxylation is 1. The molecule has 0 saturated heterocycles. The third-order valence-electron chi connectivity index (χ3n) is 2.74. The molecule has 0 aliphatic heterocycles. The summed E-state index contributed by atoms with van der Waals surface area (Å²) in [5.74, 6) is -0.243. The van der Waals surface area contributed by atoms with Gasteiger partial charge in [-0.15, -0.1) is 22.7 Å². The number of carbonyl (C=O) groups is 1. The Labute approximate surface area is 123 Å². The second-order valence-corrected chi connectivity index (χ2v) is 5.91. The summed E-state index contributed by atoms with van der Waals surface area (Å²) in [6.45, 7) is 2.00. The molecule has 3 heterocycles. The molecule has 0 atom stereocenters. The van der Waals surface area contributed by atoms with Crippen LogP contribution in [0, 0.1) is 0 Å². The molecule has 3 aromatic rings. The van der Waals surface area contributed by atoms with Gasteiger partial charge in [0, 0.05) is 11.1 Å². The standard InChI is InChI=1S/C13H12N4OS2/c1-2-8-6-9(17-16-8)12(18)15-13-14-10(7-20-13)11-4-3-5-19-11/h3-7H,2H2,1H3,(H,16,17)(H,14,15,18). The Morgan fingerprint density at radius 3 is 3.05 bits per heavy atom. The van der Waals surface area contributed by atoms with Gasteiger partial charge >= 0.3 is 0 Å². The van der Waals surface area contributed by atoms with Crippen LogP contribution < -0.4 is 5.32 Å². The molecule has 0 radical (unpaired) electrons. The van der Waals surface area contributed by atoms with Crippen LogP contribution in [-0.2, 0) is 6.42 Å². The van der Waals surface area contributed by atoms with E-state index >= 15 is 0 Å². The summed E-state index contributed by atoms with van der Waals surface area (Å²) in [5.41, 5.74) is 2.21. The maximum atomic E-state index is 12.0. The average molecular weight is 304 g/mol. The van der Waals surface area contributed by atoms with E-state index in [1.54, 1.807) is 17.4 Å². The van der Waals surface area contributed by atoms with Crippen LogP contribution in [-0.4, -0.2) is 21.1 Å². The van der Waals surface area contributed by atoms with Crippen molar-refractivity contribution in [3.05, 3.63) is 40.3 Å². The fourth-order valence-electron chi connectivity index (χ4n) is 1.69. The van der Waals surface area contributed by atoms with E-state index in [4.69, 9.17) is 0 Å². The van der Waals surface area contributed by atoms with Crippen LogP contribution in [0.15, 0.2) is 29.0 Å². The number of nitrogens with one attached hydrogen (secondary N) is 2. The number of aromatic amines is 1. The number of rotatable bonds is 4. The van der Waals surface area contributed by atoms with Crippen molar-refractivity contribution in [2.24, 2.45) is 0 Å². The molecule has 3 aromatic heterocycles. The minimum atomic E-state index is -0.243. The minimum Gasteiger partial charge on any atom is -0.296 e. The highest BCUT2D eigenvalue weighted by atomic mass is 32.1. The lowest BCUT2D eigenvalue weighted by Crippen LogP contribution is -2.12. The fourth-order valence-corrected chi connectivity index (χ4v) is 3.16. The van der Waals surface area contributed by atoms with Crippen molar-refractivity contribution in [2.75, 3.05) is 5.32 Å². The van der Waals surface area contributed by atoms with Gasteiger partial charge in [0.05, 0.1) is 10.6 Å². The maximum absolute atomic E-state index is 12.0. The van der Waals surface area contributed by atoms with Gasteiger partial charge in [-0.1, -0.05) is 13.0 Å². The second-order valence-electron chi connectivity index (χ2n) is 4.10. The third-order valence-corrected chi connectivity index (χ3v) is 4.39. The summed E-state index contributed by atoms with van der Waals surface area (Å²) in [6, 6.07) is 5.74. The quantitative estimate of drug-likeness (QED) is 0.776. The van der Waals surface area contributed by atoms with Gasteiger partial charge in [0.2, 0.25) is 0 Å². The maximum Gasteiger partial charge on any atom is 0.277 e. The Morgan fingerprint density at radius 2 is 2.35 bits per heavy atom. The molecule has 0 spiro atoms. The first kappa shape index (κ1) is 13.0. The first-order valence-electron chi connectivity index (χ1n) is 6.11. The summed E-state index contributed by atoms with van der Waals surface area (Å²) in [6.07, 6.45) is 0.820. The molecule has 0 aliphatic rings. The number of thiazole rings is 1. The Hall–Kier alpha value is -1.99.